The first-order valence-corrected chi connectivity index (χ1v) is 7.14. The number of para-hydroxylation sites is 1. The van der Waals surface area contributed by atoms with E-state index in [2.05, 4.69) is 10.6 Å². The number of nitrogens with zero attached hydrogens (tertiary/aromatic N) is 1. The standard InChI is InChI=1S/C16H14FN3O3/c17-10-5-6-14(15(9-10)20(22)23)18-8-7-12-11-3-1-2-4-13(11)19-16(12)21/h1-6,9,12,18H,7-8H2,(H,19,21)/t12-/m1/s1. The zero-order chi connectivity index (χ0) is 16.4. The first-order chi connectivity index (χ1) is 11.1. The van der Waals surface area contributed by atoms with Crippen molar-refractivity contribution in [3.8, 4) is 0 Å². The van der Waals surface area contributed by atoms with Gasteiger partial charge in [-0.05, 0) is 30.2 Å². The summed E-state index contributed by atoms with van der Waals surface area (Å²) in [5.74, 6) is -1.04. The van der Waals surface area contributed by atoms with Crippen LogP contribution in [-0.2, 0) is 4.79 Å². The van der Waals surface area contributed by atoms with Crippen molar-refractivity contribution in [2.45, 2.75) is 12.3 Å². The topological polar surface area (TPSA) is 84.3 Å². The molecule has 0 bridgehead atoms. The van der Waals surface area contributed by atoms with Crippen molar-refractivity contribution in [2.75, 3.05) is 17.2 Å². The lowest BCUT2D eigenvalue weighted by atomic mass is 9.97. The number of amides is 1. The predicted octanol–water partition coefficient (Wildman–Crippen LogP) is 3.27. The van der Waals surface area contributed by atoms with Gasteiger partial charge in [0.05, 0.1) is 16.9 Å². The van der Waals surface area contributed by atoms with Crippen LogP contribution in [0, 0.1) is 15.9 Å². The van der Waals surface area contributed by atoms with E-state index in [1.165, 1.54) is 6.07 Å². The average Bonchev–Trinajstić information content (AvgIpc) is 2.84. The van der Waals surface area contributed by atoms with E-state index in [9.17, 15) is 19.3 Å². The van der Waals surface area contributed by atoms with E-state index in [0.29, 0.717) is 13.0 Å². The zero-order valence-corrected chi connectivity index (χ0v) is 12.1. The third-order valence-corrected chi connectivity index (χ3v) is 3.82. The summed E-state index contributed by atoms with van der Waals surface area (Å²) in [7, 11) is 0. The lowest BCUT2D eigenvalue weighted by Gasteiger charge is -2.11. The van der Waals surface area contributed by atoms with Crippen LogP contribution in [0.2, 0.25) is 0 Å². The first kappa shape index (κ1) is 15.0. The van der Waals surface area contributed by atoms with Gasteiger partial charge in [0.25, 0.3) is 5.69 Å². The fourth-order valence-electron chi connectivity index (χ4n) is 2.72. The highest BCUT2D eigenvalue weighted by atomic mass is 19.1. The number of nitro groups is 1. The number of rotatable bonds is 5. The van der Waals surface area contributed by atoms with Crippen molar-refractivity contribution in [1.82, 2.24) is 0 Å². The Morgan fingerprint density at radius 2 is 2.04 bits per heavy atom. The van der Waals surface area contributed by atoms with Gasteiger partial charge in [-0.3, -0.25) is 14.9 Å². The summed E-state index contributed by atoms with van der Waals surface area (Å²) in [6.45, 7) is 0.360. The van der Waals surface area contributed by atoms with Crippen LogP contribution in [-0.4, -0.2) is 17.4 Å². The maximum Gasteiger partial charge on any atom is 0.295 e. The molecular weight excluding hydrogens is 301 g/mol. The highest BCUT2D eigenvalue weighted by Crippen LogP contribution is 2.34. The molecule has 0 spiro atoms. The third-order valence-electron chi connectivity index (χ3n) is 3.82. The molecule has 2 aromatic carbocycles. The summed E-state index contributed by atoms with van der Waals surface area (Å²) in [6.07, 6.45) is 0.484. The van der Waals surface area contributed by atoms with Gasteiger partial charge in [0.1, 0.15) is 11.5 Å². The molecule has 2 aromatic rings. The Hall–Kier alpha value is -2.96. The molecule has 0 unspecified atom stereocenters. The number of anilines is 2. The molecule has 23 heavy (non-hydrogen) atoms. The van der Waals surface area contributed by atoms with E-state index >= 15 is 0 Å². The second-order valence-electron chi connectivity index (χ2n) is 5.26. The highest BCUT2D eigenvalue weighted by molar-refractivity contribution is 6.02. The largest absolute Gasteiger partial charge is 0.379 e. The summed E-state index contributed by atoms with van der Waals surface area (Å²) in [4.78, 5) is 22.3. The monoisotopic (exact) mass is 315 g/mol. The number of fused-ring (bicyclic) bond motifs is 1. The minimum atomic E-state index is -0.661. The molecule has 7 heteroatoms. The minimum absolute atomic E-state index is 0.0818. The molecule has 2 N–H and O–H groups in total. The zero-order valence-electron chi connectivity index (χ0n) is 12.1. The van der Waals surface area contributed by atoms with Crippen molar-refractivity contribution >= 4 is 23.0 Å². The van der Waals surface area contributed by atoms with Crippen molar-refractivity contribution < 1.29 is 14.1 Å². The first-order valence-electron chi connectivity index (χ1n) is 7.14. The molecule has 1 amide bonds. The van der Waals surface area contributed by atoms with Crippen molar-refractivity contribution in [3.05, 3.63) is 64.0 Å². The van der Waals surface area contributed by atoms with Gasteiger partial charge in [0.2, 0.25) is 5.91 Å². The number of carbonyl (C=O) groups is 1. The Kier molecular flexibility index (Phi) is 3.92. The molecule has 0 saturated heterocycles. The Labute approximate surface area is 131 Å². The Bertz CT molecular complexity index is 779. The van der Waals surface area contributed by atoms with Crippen molar-refractivity contribution in [1.29, 1.82) is 0 Å². The summed E-state index contributed by atoms with van der Waals surface area (Å²) >= 11 is 0. The van der Waals surface area contributed by atoms with Crippen LogP contribution < -0.4 is 10.6 Å². The maximum absolute atomic E-state index is 13.1. The second kappa shape index (κ2) is 6.04. The molecule has 0 aromatic heterocycles. The Morgan fingerprint density at radius 1 is 1.26 bits per heavy atom. The number of nitrogens with one attached hydrogen (secondary N) is 2. The number of benzene rings is 2. The van der Waals surface area contributed by atoms with Crippen LogP contribution in [0.15, 0.2) is 42.5 Å². The van der Waals surface area contributed by atoms with Gasteiger partial charge in [-0.15, -0.1) is 0 Å². The summed E-state index contributed by atoms with van der Waals surface area (Å²) in [5, 5.41) is 16.7. The van der Waals surface area contributed by atoms with Gasteiger partial charge >= 0.3 is 0 Å². The van der Waals surface area contributed by atoms with Crippen LogP contribution in [0.4, 0.5) is 21.5 Å². The minimum Gasteiger partial charge on any atom is -0.379 e. The SMILES string of the molecule is O=C1Nc2ccccc2[C@H]1CCNc1ccc(F)cc1[N+](=O)[O-]. The number of hydrogen-bond acceptors (Lipinski definition) is 4. The van der Waals surface area contributed by atoms with Crippen molar-refractivity contribution in [3.63, 3.8) is 0 Å². The van der Waals surface area contributed by atoms with Crippen LogP contribution in [0.3, 0.4) is 0 Å². The smallest absolute Gasteiger partial charge is 0.295 e. The Morgan fingerprint density at radius 3 is 2.83 bits per heavy atom. The molecule has 0 fully saturated rings. The fraction of sp³-hybridized carbons (Fsp3) is 0.188. The average molecular weight is 315 g/mol. The normalized spacial score (nSPS) is 15.9. The second-order valence-corrected chi connectivity index (χ2v) is 5.26. The molecule has 1 heterocycles. The third kappa shape index (κ3) is 2.98. The predicted molar refractivity (Wildman–Crippen MR) is 84.0 cm³/mol. The molecule has 0 saturated carbocycles. The van der Waals surface area contributed by atoms with Gasteiger partial charge < -0.3 is 10.6 Å². The Balaban J connectivity index is 1.69. The van der Waals surface area contributed by atoms with Crippen molar-refractivity contribution in [2.24, 2.45) is 0 Å². The van der Waals surface area contributed by atoms with Gasteiger partial charge in [-0.1, -0.05) is 18.2 Å². The van der Waals surface area contributed by atoms with E-state index in [1.807, 2.05) is 24.3 Å². The molecule has 1 atom stereocenters. The summed E-state index contributed by atoms with van der Waals surface area (Å²) < 4.78 is 13.1. The van der Waals surface area contributed by atoms with Crippen LogP contribution >= 0.6 is 0 Å². The summed E-state index contributed by atoms with van der Waals surface area (Å²) in [6, 6.07) is 10.8. The maximum atomic E-state index is 13.1. The molecular formula is C16H14FN3O3. The number of hydrogen-bond donors (Lipinski definition) is 2. The molecule has 1 aliphatic heterocycles. The molecule has 0 aliphatic carbocycles. The molecule has 0 radical (unpaired) electrons. The van der Waals surface area contributed by atoms with Gasteiger partial charge in [0, 0.05) is 12.2 Å². The van der Waals surface area contributed by atoms with Crippen LogP contribution in [0.5, 0.6) is 0 Å². The van der Waals surface area contributed by atoms with Gasteiger partial charge in [-0.2, -0.15) is 0 Å². The molecule has 3 rings (SSSR count). The van der Waals surface area contributed by atoms with Gasteiger partial charge in [0.15, 0.2) is 0 Å². The molecule has 1 aliphatic rings. The highest BCUT2D eigenvalue weighted by Gasteiger charge is 2.29. The van der Waals surface area contributed by atoms with E-state index in [-0.39, 0.29) is 23.2 Å². The van der Waals surface area contributed by atoms with E-state index in [1.54, 1.807) is 0 Å². The number of nitro benzene ring substituents is 1. The lowest BCUT2D eigenvalue weighted by Crippen LogP contribution is -2.16. The molecule has 6 nitrogen and oxygen atoms in total. The number of carbonyl (C=O) groups excluding carboxylic acids is 1. The molecule has 118 valence electrons. The van der Waals surface area contributed by atoms with Gasteiger partial charge in [-0.25, -0.2) is 4.39 Å². The summed E-state index contributed by atoms with van der Waals surface area (Å²) in [5.41, 5.74) is 1.65. The van der Waals surface area contributed by atoms with E-state index < -0.39 is 10.7 Å². The lowest BCUT2D eigenvalue weighted by molar-refractivity contribution is -0.384. The van der Waals surface area contributed by atoms with Crippen LogP contribution in [0.25, 0.3) is 0 Å². The van der Waals surface area contributed by atoms with Crippen LogP contribution in [0.1, 0.15) is 17.9 Å². The van der Waals surface area contributed by atoms with E-state index in [0.717, 1.165) is 23.4 Å². The number of halogens is 1. The van der Waals surface area contributed by atoms with E-state index in [4.69, 9.17) is 0 Å². The fourth-order valence-corrected chi connectivity index (χ4v) is 2.72. The quantitative estimate of drug-likeness (QED) is 0.655.